The molecule has 1 aromatic rings. The van der Waals surface area contributed by atoms with Gasteiger partial charge in [-0.3, -0.25) is 10.1 Å². The molecule has 0 spiro atoms. The normalized spacial score (nSPS) is 10.4. The lowest BCUT2D eigenvalue weighted by Crippen LogP contribution is -2.13. The SMILES string of the molecule is COc1cc(NCCOC(C)C)cc([N+](=O)[O-])c1. The fraction of sp³-hybridized carbons (Fsp3) is 0.500. The number of hydrogen-bond acceptors (Lipinski definition) is 5. The number of rotatable bonds is 7. The van der Waals surface area contributed by atoms with Crippen molar-refractivity contribution in [3.8, 4) is 5.75 Å². The monoisotopic (exact) mass is 254 g/mol. The summed E-state index contributed by atoms with van der Waals surface area (Å²) in [6.45, 7) is 5.04. The zero-order chi connectivity index (χ0) is 13.5. The lowest BCUT2D eigenvalue weighted by atomic mass is 10.2. The van der Waals surface area contributed by atoms with Crippen LogP contribution in [0.15, 0.2) is 18.2 Å². The van der Waals surface area contributed by atoms with Crippen molar-refractivity contribution >= 4 is 11.4 Å². The second-order valence-corrected chi connectivity index (χ2v) is 4.02. The summed E-state index contributed by atoms with van der Waals surface area (Å²) in [5.41, 5.74) is 0.648. The highest BCUT2D eigenvalue weighted by molar-refractivity contribution is 5.56. The van der Waals surface area contributed by atoms with E-state index in [0.717, 1.165) is 0 Å². The summed E-state index contributed by atoms with van der Waals surface area (Å²) >= 11 is 0. The van der Waals surface area contributed by atoms with Crippen LogP contribution in [0.25, 0.3) is 0 Å². The molecule has 18 heavy (non-hydrogen) atoms. The van der Waals surface area contributed by atoms with Crippen LogP contribution in [0.3, 0.4) is 0 Å². The van der Waals surface area contributed by atoms with E-state index in [2.05, 4.69) is 5.32 Å². The summed E-state index contributed by atoms with van der Waals surface area (Å²) in [5, 5.41) is 13.8. The smallest absolute Gasteiger partial charge is 0.275 e. The van der Waals surface area contributed by atoms with E-state index in [0.29, 0.717) is 24.6 Å². The Bertz CT molecular complexity index is 407. The van der Waals surface area contributed by atoms with E-state index in [1.165, 1.54) is 19.2 Å². The van der Waals surface area contributed by atoms with Crippen LogP contribution in [0.4, 0.5) is 11.4 Å². The van der Waals surface area contributed by atoms with Crippen LogP contribution in [0.1, 0.15) is 13.8 Å². The third-order valence-corrected chi connectivity index (χ3v) is 2.22. The summed E-state index contributed by atoms with van der Waals surface area (Å²) in [6.07, 6.45) is 0.173. The molecule has 0 amide bonds. The molecule has 0 saturated heterocycles. The van der Waals surface area contributed by atoms with Crippen molar-refractivity contribution in [2.24, 2.45) is 0 Å². The molecule has 0 heterocycles. The molecule has 0 atom stereocenters. The van der Waals surface area contributed by atoms with Crippen LogP contribution in [0.2, 0.25) is 0 Å². The Hall–Kier alpha value is -1.82. The van der Waals surface area contributed by atoms with Crippen LogP contribution in [-0.4, -0.2) is 31.3 Å². The van der Waals surface area contributed by atoms with Crippen LogP contribution < -0.4 is 10.1 Å². The van der Waals surface area contributed by atoms with E-state index in [1.54, 1.807) is 6.07 Å². The maximum atomic E-state index is 10.7. The van der Waals surface area contributed by atoms with Gasteiger partial charge in [0.05, 0.1) is 30.8 Å². The van der Waals surface area contributed by atoms with Crippen LogP contribution in [-0.2, 0) is 4.74 Å². The lowest BCUT2D eigenvalue weighted by molar-refractivity contribution is -0.384. The average molecular weight is 254 g/mol. The Morgan fingerprint density at radius 2 is 2.11 bits per heavy atom. The van der Waals surface area contributed by atoms with Gasteiger partial charge in [-0.25, -0.2) is 0 Å². The number of benzene rings is 1. The Morgan fingerprint density at radius 1 is 1.39 bits per heavy atom. The molecule has 0 fully saturated rings. The molecule has 0 aliphatic carbocycles. The third kappa shape index (κ3) is 4.58. The quantitative estimate of drug-likeness (QED) is 0.459. The molecule has 0 aliphatic rings. The molecule has 0 bridgehead atoms. The minimum Gasteiger partial charge on any atom is -0.496 e. The van der Waals surface area contributed by atoms with Crippen molar-refractivity contribution in [3.63, 3.8) is 0 Å². The molecular formula is C12H18N2O4. The second-order valence-electron chi connectivity index (χ2n) is 4.02. The summed E-state index contributed by atoms with van der Waals surface area (Å²) in [4.78, 5) is 10.3. The summed E-state index contributed by atoms with van der Waals surface area (Å²) in [6, 6.07) is 4.57. The Morgan fingerprint density at radius 3 is 2.67 bits per heavy atom. The number of methoxy groups -OCH3 is 1. The number of anilines is 1. The van der Waals surface area contributed by atoms with Crippen molar-refractivity contribution in [1.29, 1.82) is 0 Å². The summed E-state index contributed by atoms with van der Waals surface area (Å²) < 4.78 is 10.4. The highest BCUT2D eigenvalue weighted by Crippen LogP contribution is 2.25. The van der Waals surface area contributed by atoms with Gasteiger partial charge < -0.3 is 14.8 Å². The minimum atomic E-state index is -0.446. The Balaban J connectivity index is 2.64. The predicted octanol–water partition coefficient (Wildman–Crippen LogP) is 2.44. The molecule has 6 heteroatoms. The number of nitrogens with one attached hydrogen (secondary N) is 1. The molecule has 100 valence electrons. The molecule has 1 N–H and O–H groups in total. The van der Waals surface area contributed by atoms with E-state index in [9.17, 15) is 10.1 Å². The maximum absolute atomic E-state index is 10.7. The first-order valence-corrected chi connectivity index (χ1v) is 5.72. The summed E-state index contributed by atoms with van der Waals surface area (Å²) in [7, 11) is 1.48. The van der Waals surface area contributed by atoms with E-state index in [4.69, 9.17) is 9.47 Å². The maximum Gasteiger partial charge on any atom is 0.275 e. The second kappa shape index (κ2) is 6.80. The van der Waals surface area contributed by atoms with E-state index in [-0.39, 0.29) is 11.8 Å². The molecule has 6 nitrogen and oxygen atoms in total. The number of ether oxygens (including phenoxy) is 2. The number of nitrogens with zero attached hydrogens (tertiary/aromatic N) is 1. The zero-order valence-corrected chi connectivity index (χ0v) is 10.8. The van der Waals surface area contributed by atoms with Crippen LogP contribution in [0.5, 0.6) is 5.75 Å². The zero-order valence-electron chi connectivity index (χ0n) is 10.8. The number of nitro benzene ring substituents is 1. The van der Waals surface area contributed by atoms with Crippen molar-refractivity contribution in [2.45, 2.75) is 20.0 Å². The van der Waals surface area contributed by atoms with Crippen molar-refractivity contribution < 1.29 is 14.4 Å². The van der Waals surface area contributed by atoms with E-state index >= 15 is 0 Å². The van der Waals surface area contributed by atoms with Crippen molar-refractivity contribution in [3.05, 3.63) is 28.3 Å². The molecule has 1 aromatic carbocycles. The van der Waals surface area contributed by atoms with Gasteiger partial charge in [0.25, 0.3) is 5.69 Å². The fourth-order valence-electron chi connectivity index (χ4n) is 1.40. The van der Waals surface area contributed by atoms with Gasteiger partial charge in [0.15, 0.2) is 0 Å². The molecule has 1 rings (SSSR count). The predicted molar refractivity (Wildman–Crippen MR) is 69.2 cm³/mol. The largest absolute Gasteiger partial charge is 0.496 e. The lowest BCUT2D eigenvalue weighted by Gasteiger charge is -2.10. The van der Waals surface area contributed by atoms with Crippen LogP contribution >= 0.6 is 0 Å². The topological polar surface area (TPSA) is 73.6 Å². The number of nitro groups is 1. The fourth-order valence-corrected chi connectivity index (χ4v) is 1.40. The van der Waals surface area contributed by atoms with Gasteiger partial charge in [-0.2, -0.15) is 0 Å². The van der Waals surface area contributed by atoms with Gasteiger partial charge >= 0.3 is 0 Å². The van der Waals surface area contributed by atoms with E-state index < -0.39 is 4.92 Å². The highest BCUT2D eigenvalue weighted by atomic mass is 16.6. The highest BCUT2D eigenvalue weighted by Gasteiger charge is 2.09. The van der Waals surface area contributed by atoms with Crippen LogP contribution in [0, 0.1) is 10.1 Å². The van der Waals surface area contributed by atoms with Gasteiger partial charge in [0.1, 0.15) is 5.75 Å². The molecule has 0 unspecified atom stereocenters. The number of hydrogen-bond donors (Lipinski definition) is 1. The van der Waals surface area contributed by atoms with Gasteiger partial charge in [0, 0.05) is 24.4 Å². The van der Waals surface area contributed by atoms with Gasteiger partial charge in [0.2, 0.25) is 0 Å². The van der Waals surface area contributed by atoms with E-state index in [1.807, 2.05) is 13.8 Å². The minimum absolute atomic E-state index is 0.00151. The molecule has 0 aromatic heterocycles. The molecule has 0 saturated carbocycles. The van der Waals surface area contributed by atoms with Gasteiger partial charge in [-0.05, 0) is 13.8 Å². The molecule has 0 radical (unpaired) electrons. The molecular weight excluding hydrogens is 236 g/mol. The van der Waals surface area contributed by atoms with Gasteiger partial charge in [-0.1, -0.05) is 0 Å². The Labute approximate surface area is 106 Å². The molecule has 0 aliphatic heterocycles. The Kier molecular flexibility index (Phi) is 5.38. The third-order valence-electron chi connectivity index (χ3n) is 2.22. The number of non-ortho nitro benzene ring substituents is 1. The summed E-state index contributed by atoms with van der Waals surface area (Å²) in [5.74, 6) is 0.455. The average Bonchev–Trinajstić information content (AvgIpc) is 2.34. The van der Waals surface area contributed by atoms with Crippen molar-refractivity contribution in [2.75, 3.05) is 25.6 Å². The standard InChI is InChI=1S/C12H18N2O4/c1-9(2)18-5-4-13-10-6-11(14(15)16)8-12(7-10)17-3/h6-9,13H,4-5H2,1-3H3. The first-order valence-electron chi connectivity index (χ1n) is 5.72. The van der Waals surface area contributed by atoms with Gasteiger partial charge in [-0.15, -0.1) is 0 Å². The first kappa shape index (κ1) is 14.2. The first-order chi connectivity index (χ1) is 8.52. The van der Waals surface area contributed by atoms with Crippen molar-refractivity contribution in [1.82, 2.24) is 0 Å².